The second kappa shape index (κ2) is 19.3. The highest BCUT2D eigenvalue weighted by atomic mass is 35.5. The van der Waals surface area contributed by atoms with Crippen LogP contribution in [0.2, 0.25) is 5.02 Å². The molecule has 12 heteroatoms. The topological polar surface area (TPSA) is 120 Å². The van der Waals surface area contributed by atoms with E-state index in [1.54, 1.807) is 38.3 Å². The first-order valence-corrected chi connectivity index (χ1v) is 21.2. The summed E-state index contributed by atoms with van der Waals surface area (Å²) >= 11 is 6.29. The Labute approximate surface area is 326 Å². The van der Waals surface area contributed by atoms with Crippen molar-refractivity contribution in [2.24, 2.45) is 22.1 Å². The van der Waals surface area contributed by atoms with E-state index in [-0.39, 0.29) is 35.7 Å². The number of furan rings is 1. The van der Waals surface area contributed by atoms with Gasteiger partial charge in [0.05, 0.1) is 24.2 Å². The molecular weight excluding hydrogens is 726 g/mol. The second-order valence-corrected chi connectivity index (χ2v) is 17.0. The van der Waals surface area contributed by atoms with Gasteiger partial charge in [-0.25, -0.2) is 4.21 Å². The molecule has 3 aromatic rings. The molecule has 2 aliphatic rings. The lowest BCUT2D eigenvalue weighted by Crippen LogP contribution is -2.43. The molecule has 2 aromatic carbocycles. The number of allylic oxidation sites excluding steroid dienone is 1. The van der Waals surface area contributed by atoms with Crippen LogP contribution in [0.15, 0.2) is 63.4 Å². The zero-order valence-corrected chi connectivity index (χ0v) is 34.1. The zero-order valence-electron chi connectivity index (χ0n) is 32.5. The summed E-state index contributed by atoms with van der Waals surface area (Å²) in [6, 6.07) is 12.9. The van der Waals surface area contributed by atoms with E-state index in [0.717, 1.165) is 61.3 Å². The Bertz CT molecular complexity index is 1920. The summed E-state index contributed by atoms with van der Waals surface area (Å²) in [7, 11) is -0.309. The molecule has 5 atom stereocenters. The number of hydrogen-bond acceptors (Lipinski definition) is 8. The molecule has 0 spiro atoms. The van der Waals surface area contributed by atoms with Gasteiger partial charge in [0.2, 0.25) is 0 Å². The molecule has 5 rings (SSSR count). The Kier molecular flexibility index (Phi) is 14.8. The molecule has 2 bridgehead atoms. The fraction of sp³-hybridized carbons (Fsp3) is 0.524. The number of aryl methyl sites for hydroxylation is 3. The smallest absolute Gasteiger partial charge is 0.299 e. The van der Waals surface area contributed by atoms with Crippen LogP contribution in [-0.4, -0.2) is 61.8 Å². The number of rotatable bonds is 13. The van der Waals surface area contributed by atoms with Gasteiger partial charge in [0.15, 0.2) is 5.76 Å². The van der Waals surface area contributed by atoms with Gasteiger partial charge in [-0.15, -0.1) is 4.36 Å². The lowest BCUT2D eigenvalue weighted by atomic mass is 9.70. The molecule has 1 aliphatic carbocycles. The van der Waals surface area contributed by atoms with Crippen LogP contribution in [0.1, 0.15) is 96.2 Å². The molecule has 1 N–H and O–H groups in total. The van der Waals surface area contributed by atoms with Crippen LogP contribution in [0.4, 0.5) is 5.69 Å². The van der Waals surface area contributed by atoms with Gasteiger partial charge in [0, 0.05) is 37.9 Å². The van der Waals surface area contributed by atoms with Crippen molar-refractivity contribution in [1.29, 1.82) is 0 Å². The summed E-state index contributed by atoms with van der Waals surface area (Å²) in [5.74, 6) is 0.285. The Morgan fingerprint density at radius 2 is 1.91 bits per heavy atom. The lowest BCUT2D eigenvalue weighted by molar-refractivity contribution is 0.0135. The number of benzene rings is 2. The molecule has 2 heterocycles. The first kappa shape index (κ1) is 41.5. The van der Waals surface area contributed by atoms with Gasteiger partial charge < -0.3 is 23.5 Å². The van der Waals surface area contributed by atoms with Crippen molar-refractivity contribution in [3.05, 3.63) is 93.4 Å². The fourth-order valence-corrected chi connectivity index (χ4v) is 9.48. The molecule has 1 saturated carbocycles. The predicted octanol–water partition coefficient (Wildman–Crippen LogP) is 8.77. The minimum Gasteiger partial charge on any atom is -0.491 e. The van der Waals surface area contributed by atoms with Gasteiger partial charge in [-0.05, 0) is 130 Å². The second-order valence-electron chi connectivity index (χ2n) is 14.5. The highest BCUT2D eigenvalue weighted by Crippen LogP contribution is 2.41. The number of fused-ring (bicyclic) bond motifs is 3. The van der Waals surface area contributed by atoms with E-state index in [0.29, 0.717) is 42.9 Å². The Hall–Kier alpha value is -3.64. The average molecular weight is 782 g/mol. The predicted molar refractivity (Wildman–Crippen MR) is 215 cm³/mol. The number of unbranched alkanes of at least 4 members (excludes halogenated alkanes) is 1. The van der Waals surface area contributed by atoms with Gasteiger partial charge >= 0.3 is 0 Å². The third kappa shape index (κ3) is 10.6. The molecule has 1 unspecified atom stereocenters. The van der Waals surface area contributed by atoms with Crippen molar-refractivity contribution >= 4 is 39.0 Å². The standard InChI is InChI=1S/C42H56ClN3O7S/c1-7-30-15-18-34(43)23-31(30)13-9-10-21-52-38-20-17-32-24-36(38)46(8-2)25-33-16-19-35(33)37(51-6)14-11-12-28(3)27-54(49,44-41(32)47)45-42(48)39-22-29(4)40(53-39)26-50-5/h11,14-15,17-18,20,22-24,28,33,35,37H,7-10,12-13,16,19,21,25-27H2,1-6H3,(H,44,45,47,48,49)/b14-11+/t28-,33-,35+,37-,54?/m0/s1. The van der Waals surface area contributed by atoms with Crippen molar-refractivity contribution in [2.45, 2.75) is 85.4 Å². The maximum atomic E-state index is 14.5. The molecule has 2 amide bonds. The van der Waals surface area contributed by atoms with Gasteiger partial charge in [0.25, 0.3) is 11.8 Å². The summed E-state index contributed by atoms with van der Waals surface area (Å²) < 4.78 is 44.7. The normalized spacial score (nSPS) is 23.9. The number of ether oxygens (including phenoxy) is 3. The van der Waals surface area contributed by atoms with E-state index >= 15 is 0 Å². The van der Waals surface area contributed by atoms with Crippen LogP contribution in [0.25, 0.3) is 0 Å². The molecule has 294 valence electrons. The third-order valence-electron chi connectivity index (χ3n) is 10.6. The molecule has 10 nitrogen and oxygen atoms in total. The van der Waals surface area contributed by atoms with Crippen molar-refractivity contribution in [3.8, 4) is 5.75 Å². The van der Waals surface area contributed by atoms with Crippen LogP contribution in [0.3, 0.4) is 0 Å². The zero-order chi connectivity index (χ0) is 38.8. The summed E-state index contributed by atoms with van der Waals surface area (Å²) in [6.07, 6.45) is 10.5. The maximum absolute atomic E-state index is 14.5. The van der Waals surface area contributed by atoms with Crippen LogP contribution in [0.5, 0.6) is 5.75 Å². The summed E-state index contributed by atoms with van der Waals surface area (Å²) in [5, 5.41) is 0.750. The van der Waals surface area contributed by atoms with Crippen LogP contribution in [-0.2, 0) is 38.8 Å². The van der Waals surface area contributed by atoms with Crippen molar-refractivity contribution in [1.82, 2.24) is 4.72 Å². The summed E-state index contributed by atoms with van der Waals surface area (Å²) in [4.78, 5) is 29.6. The van der Waals surface area contributed by atoms with Gasteiger partial charge in [-0.3, -0.25) is 14.3 Å². The largest absolute Gasteiger partial charge is 0.491 e. The first-order chi connectivity index (χ1) is 26.0. The van der Waals surface area contributed by atoms with Crippen molar-refractivity contribution < 1.29 is 32.4 Å². The monoisotopic (exact) mass is 781 g/mol. The van der Waals surface area contributed by atoms with E-state index < -0.39 is 21.7 Å². The number of methoxy groups -OCH3 is 2. The highest BCUT2D eigenvalue weighted by Gasteiger charge is 2.37. The highest BCUT2D eigenvalue weighted by molar-refractivity contribution is 7.92. The van der Waals surface area contributed by atoms with E-state index in [9.17, 15) is 13.8 Å². The molecular formula is C42H56ClN3O7S. The number of halogens is 1. The van der Waals surface area contributed by atoms with Crippen LogP contribution in [0, 0.1) is 24.7 Å². The first-order valence-electron chi connectivity index (χ1n) is 19.1. The van der Waals surface area contributed by atoms with Crippen LogP contribution < -0.4 is 14.4 Å². The Morgan fingerprint density at radius 3 is 2.61 bits per heavy atom. The summed E-state index contributed by atoms with van der Waals surface area (Å²) in [6.45, 7) is 10.1. The van der Waals surface area contributed by atoms with E-state index in [1.165, 1.54) is 18.2 Å². The van der Waals surface area contributed by atoms with Crippen molar-refractivity contribution in [3.63, 3.8) is 0 Å². The summed E-state index contributed by atoms with van der Waals surface area (Å²) in [5.41, 5.74) is 4.35. The average Bonchev–Trinajstić information content (AvgIpc) is 3.50. The number of nitrogens with zero attached hydrogens (tertiary/aromatic N) is 2. The molecule has 1 fully saturated rings. The Morgan fingerprint density at radius 1 is 1.09 bits per heavy atom. The molecule has 1 aliphatic heterocycles. The number of carbonyl (C=O) groups is 2. The quantitative estimate of drug-likeness (QED) is 0.135. The SMILES string of the molecule is CCc1ccc(Cl)cc1CCCCOc1ccc2cc1N(CC)C[C@@H]1CC[C@H]1[C@@H](OC)/C=C/C[C@H](C)CS(=O)(NC(=O)c1cc(C)c(COC)o1)=NC2=O. The number of hydrogen-bond donors (Lipinski definition) is 1. The van der Waals surface area contributed by atoms with Gasteiger partial charge in [-0.2, -0.15) is 0 Å². The van der Waals surface area contributed by atoms with E-state index in [1.807, 2.05) is 13.0 Å². The van der Waals surface area contributed by atoms with E-state index in [2.05, 4.69) is 52.1 Å². The minimum absolute atomic E-state index is 0.0247. The minimum atomic E-state index is -3.59. The third-order valence-corrected chi connectivity index (χ3v) is 12.8. The number of nitrogens with one attached hydrogen (secondary N) is 1. The number of carbonyl (C=O) groups excluding carboxylic acids is 2. The lowest BCUT2D eigenvalue weighted by Gasteiger charge is -2.43. The fourth-order valence-electron chi connectivity index (χ4n) is 7.41. The molecule has 0 saturated heterocycles. The number of anilines is 1. The van der Waals surface area contributed by atoms with Gasteiger partial charge in [-0.1, -0.05) is 43.7 Å². The number of amides is 2. The Balaban J connectivity index is 1.44. The van der Waals surface area contributed by atoms with E-state index in [4.69, 9.17) is 30.2 Å². The van der Waals surface area contributed by atoms with Gasteiger partial charge in [0.1, 0.15) is 28.0 Å². The van der Waals surface area contributed by atoms with Crippen LogP contribution >= 0.6 is 11.6 Å². The molecule has 54 heavy (non-hydrogen) atoms. The molecule has 0 radical (unpaired) electrons. The maximum Gasteiger partial charge on any atom is 0.299 e. The molecule has 1 aromatic heterocycles. The van der Waals surface area contributed by atoms with Crippen molar-refractivity contribution in [2.75, 3.05) is 44.6 Å².